The van der Waals surface area contributed by atoms with Crippen LogP contribution in [0.3, 0.4) is 0 Å². The summed E-state index contributed by atoms with van der Waals surface area (Å²) in [7, 11) is 0. The van der Waals surface area contributed by atoms with Gasteiger partial charge in [-0.3, -0.25) is 0 Å². The molecule has 2 heteroatoms. The van der Waals surface area contributed by atoms with Crippen LogP contribution in [0, 0.1) is 19.8 Å². The van der Waals surface area contributed by atoms with Crippen molar-refractivity contribution in [3.63, 3.8) is 0 Å². The van der Waals surface area contributed by atoms with Crippen LogP contribution in [0.4, 0.5) is 0 Å². The largest absolute Gasteiger partial charge is 0.373 e. The van der Waals surface area contributed by atoms with E-state index in [1.165, 1.54) is 23.1 Å². The molecule has 0 spiro atoms. The molecule has 1 aliphatic heterocycles. The first-order valence-electron chi connectivity index (χ1n) is 5.97. The normalized spacial score (nSPS) is 25.7. The molecule has 1 saturated heterocycles. The second-order valence-corrected chi connectivity index (χ2v) is 5.00. The van der Waals surface area contributed by atoms with Gasteiger partial charge in [-0.1, -0.05) is 18.2 Å². The summed E-state index contributed by atoms with van der Waals surface area (Å²) in [6, 6.07) is 6.59. The Balaban J connectivity index is 2.23. The summed E-state index contributed by atoms with van der Waals surface area (Å²) in [5.41, 5.74) is 3.95. The minimum Gasteiger partial charge on any atom is -0.373 e. The Morgan fingerprint density at radius 3 is 2.81 bits per heavy atom. The maximum atomic E-state index is 6.02. The van der Waals surface area contributed by atoms with Crippen molar-refractivity contribution in [2.45, 2.75) is 32.8 Å². The number of rotatable bonds is 2. The lowest BCUT2D eigenvalue weighted by Gasteiger charge is -2.31. The van der Waals surface area contributed by atoms with E-state index in [-0.39, 0.29) is 6.10 Å². The molecule has 0 aromatic heterocycles. The summed E-state index contributed by atoms with van der Waals surface area (Å²) >= 11 is 6.02. The van der Waals surface area contributed by atoms with Gasteiger partial charge < -0.3 is 4.74 Å². The van der Waals surface area contributed by atoms with Gasteiger partial charge in [0.15, 0.2) is 0 Å². The highest BCUT2D eigenvalue weighted by molar-refractivity contribution is 6.18. The van der Waals surface area contributed by atoms with Gasteiger partial charge in [0, 0.05) is 18.4 Å². The average Bonchev–Trinajstić information content (AvgIpc) is 2.32. The maximum absolute atomic E-state index is 6.02. The Labute approximate surface area is 103 Å². The fourth-order valence-electron chi connectivity index (χ4n) is 2.31. The molecular formula is C14H19ClO. The predicted octanol–water partition coefficient (Wildman–Crippen LogP) is 4.01. The van der Waals surface area contributed by atoms with E-state index < -0.39 is 0 Å². The summed E-state index contributed by atoms with van der Waals surface area (Å²) in [5, 5.41) is 0. The van der Waals surface area contributed by atoms with Crippen molar-refractivity contribution in [3.8, 4) is 0 Å². The van der Waals surface area contributed by atoms with Crippen molar-refractivity contribution in [2.24, 2.45) is 5.92 Å². The van der Waals surface area contributed by atoms with Crippen molar-refractivity contribution < 1.29 is 4.74 Å². The number of aryl methyl sites for hydroxylation is 2. The van der Waals surface area contributed by atoms with Gasteiger partial charge >= 0.3 is 0 Å². The van der Waals surface area contributed by atoms with E-state index in [9.17, 15) is 0 Å². The smallest absolute Gasteiger partial charge is 0.0864 e. The molecule has 0 saturated carbocycles. The van der Waals surface area contributed by atoms with Crippen LogP contribution >= 0.6 is 11.6 Å². The summed E-state index contributed by atoms with van der Waals surface area (Å²) in [5.74, 6) is 1.16. The van der Waals surface area contributed by atoms with E-state index in [0.717, 1.165) is 13.0 Å². The molecule has 0 amide bonds. The molecule has 1 nitrogen and oxygen atoms in total. The van der Waals surface area contributed by atoms with Gasteiger partial charge in [-0.15, -0.1) is 11.6 Å². The zero-order valence-electron chi connectivity index (χ0n) is 10.0. The topological polar surface area (TPSA) is 9.23 Å². The highest BCUT2D eigenvalue weighted by atomic mass is 35.5. The zero-order valence-corrected chi connectivity index (χ0v) is 10.8. The van der Waals surface area contributed by atoms with Crippen LogP contribution < -0.4 is 0 Å². The monoisotopic (exact) mass is 238 g/mol. The molecule has 0 radical (unpaired) electrons. The number of benzene rings is 1. The number of hydrogen-bond acceptors (Lipinski definition) is 1. The highest BCUT2D eigenvalue weighted by Gasteiger charge is 2.26. The lowest BCUT2D eigenvalue weighted by atomic mass is 9.90. The number of halogens is 1. The third kappa shape index (κ3) is 2.41. The first-order chi connectivity index (χ1) is 7.72. The van der Waals surface area contributed by atoms with Crippen LogP contribution in [0.15, 0.2) is 18.2 Å². The van der Waals surface area contributed by atoms with Crippen molar-refractivity contribution in [1.82, 2.24) is 0 Å². The Morgan fingerprint density at radius 1 is 1.31 bits per heavy atom. The molecule has 0 aliphatic carbocycles. The third-order valence-corrected chi connectivity index (χ3v) is 3.90. The van der Waals surface area contributed by atoms with Gasteiger partial charge in [0.05, 0.1) is 6.10 Å². The summed E-state index contributed by atoms with van der Waals surface area (Å²) < 4.78 is 5.88. The first-order valence-corrected chi connectivity index (χ1v) is 6.50. The number of ether oxygens (including phenoxy) is 1. The van der Waals surface area contributed by atoms with Crippen molar-refractivity contribution >= 4 is 11.6 Å². The minimum absolute atomic E-state index is 0.200. The van der Waals surface area contributed by atoms with E-state index in [0.29, 0.717) is 11.8 Å². The number of alkyl halides is 1. The average molecular weight is 239 g/mol. The molecule has 1 aliphatic rings. The fourth-order valence-corrected chi connectivity index (χ4v) is 2.63. The van der Waals surface area contributed by atoms with E-state index in [4.69, 9.17) is 16.3 Å². The quantitative estimate of drug-likeness (QED) is 0.708. The molecule has 0 N–H and O–H groups in total. The van der Waals surface area contributed by atoms with Crippen LogP contribution in [-0.4, -0.2) is 12.5 Å². The third-order valence-electron chi connectivity index (χ3n) is 3.50. The molecular weight excluding hydrogens is 220 g/mol. The maximum Gasteiger partial charge on any atom is 0.0864 e. The molecule has 1 aromatic rings. The molecule has 1 fully saturated rings. The van der Waals surface area contributed by atoms with Crippen LogP contribution in [-0.2, 0) is 4.74 Å². The molecule has 2 unspecified atom stereocenters. The van der Waals surface area contributed by atoms with E-state index in [1.807, 2.05) is 0 Å². The lowest BCUT2D eigenvalue weighted by molar-refractivity contribution is -0.0208. The van der Waals surface area contributed by atoms with Gasteiger partial charge in [0.1, 0.15) is 0 Å². The fraction of sp³-hybridized carbons (Fsp3) is 0.571. The minimum atomic E-state index is 0.200. The number of hydrogen-bond donors (Lipinski definition) is 0. The van der Waals surface area contributed by atoms with Gasteiger partial charge in [0.2, 0.25) is 0 Å². The van der Waals surface area contributed by atoms with Gasteiger partial charge in [-0.05, 0) is 43.4 Å². The lowest BCUT2D eigenvalue weighted by Crippen LogP contribution is -2.23. The SMILES string of the molecule is Cc1ccc(C2OCCCC2CCl)cc1C. The molecule has 1 aromatic carbocycles. The molecule has 2 atom stereocenters. The van der Waals surface area contributed by atoms with E-state index >= 15 is 0 Å². The van der Waals surface area contributed by atoms with Crippen molar-refractivity contribution in [1.29, 1.82) is 0 Å². The van der Waals surface area contributed by atoms with Gasteiger partial charge in [-0.2, -0.15) is 0 Å². The predicted molar refractivity (Wildman–Crippen MR) is 68.1 cm³/mol. The zero-order chi connectivity index (χ0) is 11.5. The second kappa shape index (κ2) is 5.20. The Morgan fingerprint density at radius 2 is 2.12 bits per heavy atom. The second-order valence-electron chi connectivity index (χ2n) is 4.69. The van der Waals surface area contributed by atoms with Crippen LogP contribution in [0.5, 0.6) is 0 Å². The Hall–Kier alpha value is -0.530. The van der Waals surface area contributed by atoms with Gasteiger partial charge in [0.25, 0.3) is 0 Å². The van der Waals surface area contributed by atoms with Crippen LogP contribution in [0.25, 0.3) is 0 Å². The Bertz CT molecular complexity index is 362. The van der Waals surface area contributed by atoms with Crippen molar-refractivity contribution in [3.05, 3.63) is 34.9 Å². The Kier molecular flexibility index (Phi) is 3.88. The molecule has 88 valence electrons. The standard InChI is InChI=1S/C14H19ClO/c1-10-5-6-12(8-11(10)2)14-13(9-15)4-3-7-16-14/h5-6,8,13-14H,3-4,7,9H2,1-2H3. The van der Waals surface area contributed by atoms with Crippen LogP contribution in [0.1, 0.15) is 35.6 Å². The van der Waals surface area contributed by atoms with Crippen molar-refractivity contribution in [2.75, 3.05) is 12.5 Å². The summed E-state index contributed by atoms with van der Waals surface area (Å²) in [6.45, 7) is 5.15. The summed E-state index contributed by atoms with van der Waals surface area (Å²) in [4.78, 5) is 0. The molecule has 1 heterocycles. The highest BCUT2D eigenvalue weighted by Crippen LogP contribution is 2.34. The molecule has 2 rings (SSSR count). The van der Waals surface area contributed by atoms with E-state index in [1.54, 1.807) is 0 Å². The van der Waals surface area contributed by atoms with Gasteiger partial charge in [-0.25, -0.2) is 0 Å². The molecule has 0 bridgehead atoms. The molecule has 16 heavy (non-hydrogen) atoms. The summed E-state index contributed by atoms with van der Waals surface area (Å²) in [6.07, 6.45) is 2.52. The first kappa shape index (κ1) is 11.9. The van der Waals surface area contributed by atoms with Crippen LogP contribution in [0.2, 0.25) is 0 Å². The van der Waals surface area contributed by atoms with E-state index in [2.05, 4.69) is 32.0 Å².